The zero-order valence-corrected chi connectivity index (χ0v) is 14.9. The Morgan fingerprint density at radius 3 is 2.57 bits per heavy atom. The van der Waals surface area contributed by atoms with Gasteiger partial charge in [0.25, 0.3) is 0 Å². The molecule has 3 aliphatic heterocycles. The molecule has 140 valence electrons. The quantitative estimate of drug-likeness (QED) is 0.796. The van der Waals surface area contributed by atoms with Gasteiger partial charge in [-0.2, -0.15) is 15.8 Å². The minimum absolute atomic E-state index is 0.0911. The summed E-state index contributed by atoms with van der Waals surface area (Å²) in [7, 11) is 0. The Hall–Kier alpha value is -3.28. The van der Waals surface area contributed by atoms with Crippen LogP contribution >= 0.6 is 0 Å². The number of nitrogens with one attached hydrogen (secondary N) is 1. The van der Waals surface area contributed by atoms with Crippen LogP contribution in [-0.2, 0) is 9.47 Å². The third kappa shape index (κ3) is 1.69. The van der Waals surface area contributed by atoms with Crippen molar-refractivity contribution >= 4 is 5.90 Å². The van der Waals surface area contributed by atoms with E-state index in [4.69, 9.17) is 24.4 Å². The van der Waals surface area contributed by atoms with E-state index in [2.05, 4.69) is 18.2 Å². The summed E-state index contributed by atoms with van der Waals surface area (Å²) in [5.74, 6) is -0.981. The first-order valence-corrected chi connectivity index (χ1v) is 9.16. The second-order valence-electron chi connectivity index (χ2n) is 7.60. The predicted octanol–water partition coefficient (Wildman–Crippen LogP) is 2.92. The van der Waals surface area contributed by atoms with E-state index in [9.17, 15) is 15.8 Å². The van der Waals surface area contributed by atoms with Crippen LogP contribution in [0.15, 0.2) is 18.2 Å². The number of benzene rings is 1. The normalized spacial score (nSPS) is 36.4. The summed E-state index contributed by atoms with van der Waals surface area (Å²) in [6, 6.07) is 11.4. The summed E-state index contributed by atoms with van der Waals surface area (Å²) in [4.78, 5) is 0. The molecule has 0 unspecified atom stereocenters. The number of nitrogens with zero attached hydrogens (tertiary/aromatic N) is 3. The maximum absolute atomic E-state index is 10.2. The van der Waals surface area contributed by atoms with E-state index in [1.54, 1.807) is 18.2 Å². The van der Waals surface area contributed by atoms with Gasteiger partial charge in [-0.15, -0.1) is 0 Å². The average Bonchev–Trinajstić information content (AvgIpc) is 3.27. The molecule has 8 heteroatoms. The fraction of sp³-hybridized carbons (Fsp3) is 0.500. The van der Waals surface area contributed by atoms with E-state index in [1.165, 1.54) is 0 Å². The standard InChI is InChI=1S/C20H16N4O4/c21-8-18(9-22)16(12-4-5-13-14(7-12)26-11-25-13)27-20-6-2-1-3-15(20)19(18,10-23)17(24)28-20/h4-5,7,15-16,24H,1-3,6,11H2/t15-,16+,19+,20+/m0/s1. The van der Waals surface area contributed by atoms with Crippen LogP contribution in [0.2, 0.25) is 0 Å². The van der Waals surface area contributed by atoms with E-state index >= 15 is 0 Å². The van der Waals surface area contributed by atoms with Crippen LogP contribution in [0.3, 0.4) is 0 Å². The Morgan fingerprint density at radius 1 is 1.04 bits per heavy atom. The van der Waals surface area contributed by atoms with Gasteiger partial charge in [-0.05, 0) is 30.5 Å². The number of rotatable bonds is 1. The van der Waals surface area contributed by atoms with Gasteiger partial charge in [-0.1, -0.05) is 12.5 Å². The molecule has 3 fully saturated rings. The molecular weight excluding hydrogens is 360 g/mol. The van der Waals surface area contributed by atoms with Crippen LogP contribution in [0.5, 0.6) is 11.5 Å². The summed E-state index contributed by atoms with van der Waals surface area (Å²) >= 11 is 0. The van der Waals surface area contributed by atoms with Crippen molar-refractivity contribution in [3.63, 3.8) is 0 Å². The van der Waals surface area contributed by atoms with E-state index in [-0.39, 0.29) is 12.7 Å². The molecule has 4 aliphatic rings. The third-order valence-corrected chi connectivity index (χ3v) is 6.52. The topological polar surface area (TPSA) is 132 Å². The molecule has 8 nitrogen and oxygen atoms in total. The van der Waals surface area contributed by atoms with Crippen molar-refractivity contribution in [2.45, 2.75) is 37.6 Å². The van der Waals surface area contributed by atoms with Gasteiger partial charge in [-0.3, -0.25) is 5.41 Å². The lowest BCUT2D eigenvalue weighted by atomic mass is 9.51. The van der Waals surface area contributed by atoms with Crippen molar-refractivity contribution < 1.29 is 18.9 Å². The second kappa shape index (κ2) is 5.38. The molecule has 0 aromatic heterocycles. The van der Waals surface area contributed by atoms with Crippen LogP contribution in [-0.4, -0.2) is 18.5 Å². The van der Waals surface area contributed by atoms with Gasteiger partial charge < -0.3 is 18.9 Å². The SMILES string of the molecule is N#CC1(C#N)[C@@H](c2ccc3c(c2)OCO3)O[C@@]23CCCC[C@H]2[C@]1(C#N)C(=N)O3. The molecule has 1 aromatic carbocycles. The molecule has 1 aliphatic carbocycles. The summed E-state index contributed by atoms with van der Waals surface area (Å²) in [5, 5.41) is 39.1. The van der Waals surface area contributed by atoms with Gasteiger partial charge in [0.05, 0.1) is 24.1 Å². The minimum Gasteiger partial charge on any atom is -0.454 e. The highest BCUT2D eigenvalue weighted by Crippen LogP contribution is 2.69. The first-order valence-electron chi connectivity index (χ1n) is 9.16. The van der Waals surface area contributed by atoms with Crippen molar-refractivity contribution in [2.75, 3.05) is 6.79 Å². The Kier molecular flexibility index (Phi) is 3.24. The number of nitriles is 3. The highest BCUT2D eigenvalue weighted by molar-refractivity contribution is 5.89. The molecule has 1 N–H and O–H groups in total. The second-order valence-corrected chi connectivity index (χ2v) is 7.60. The summed E-state index contributed by atoms with van der Waals surface area (Å²) in [6.45, 7) is 0.0911. The fourth-order valence-corrected chi connectivity index (χ4v) is 5.24. The molecule has 5 rings (SSSR count). The van der Waals surface area contributed by atoms with E-state index in [0.29, 0.717) is 29.9 Å². The summed E-state index contributed by atoms with van der Waals surface area (Å²) in [5.41, 5.74) is -3.08. The maximum atomic E-state index is 10.2. The first-order chi connectivity index (χ1) is 13.6. The fourth-order valence-electron chi connectivity index (χ4n) is 5.24. The molecule has 0 spiro atoms. The van der Waals surface area contributed by atoms with Crippen molar-refractivity contribution in [3.05, 3.63) is 23.8 Å². The van der Waals surface area contributed by atoms with E-state index in [1.807, 2.05) is 0 Å². The van der Waals surface area contributed by atoms with Gasteiger partial charge >= 0.3 is 0 Å². The van der Waals surface area contributed by atoms with Gasteiger partial charge in [0, 0.05) is 6.42 Å². The van der Waals surface area contributed by atoms with Gasteiger partial charge in [0.2, 0.25) is 23.9 Å². The van der Waals surface area contributed by atoms with E-state index in [0.717, 1.165) is 12.8 Å². The molecule has 28 heavy (non-hydrogen) atoms. The largest absolute Gasteiger partial charge is 0.454 e. The molecule has 1 saturated carbocycles. The van der Waals surface area contributed by atoms with Crippen molar-refractivity contribution in [1.82, 2.24) is 0 Å². The highest BCUT2D eigenvalue weighted by Gasteiger charge is 2.80. The van der Waals surface area contributed by atoms with Gasteiger partial charge in [0.1, 0.15) is 6.10 Å². The zero-order valence-electron chi connectivity index (χ0n) is 14.9. The predicted molar refractivity (Wildman–Crippen MR) is 91.6 cm³/mol. The molecule has 0 radical (unpaired) electrons. The molecule has 1 aromatic rings. The number of fused-ring (bicyclic) bond motifs is 1. The van der Waals surface area contributed by atoms with Crippen molar-refractivity contribution in [1.29, 1.82) is 21.2 Å². The van der Waals surface area contributed by atoms with Crippen LogP contribution in [0.4, 0.5) is 0 Å². The lowest BCUT2D eigenvalue weighted by molar-refractivity contribution is -0.294. The molecular formula is C20H16N4O4. The van der Waals surface area contributed by atoms with E-state index < -0.39 is 28.6 Å². The molecule has 4 atom stereocenters. The average molecular weight is 376 g/mol. The Morgan fingerprint density at radius 2 is 1.82 bits per heavy atom. The van der Waals surface area contributed by atoms with Crippen LogP contribution in [0.25, 0.3) is 0 Å². The maximum Gasteiger partial charge on any atom is 0.231 e. The van der Waals surface area contributed by atoms with Crippen LogP contribution in [0, 0.1) is 56.2 Å². The smallest absolute Gasteiger partial charge is 0.231 e. The Labute approximate surface area is 161 Å². The van der Waals surface area contributed by atoms with Gasteiger partial charge in [-0.25, -0.2) is 0 Å². The number of hydrogen-bond donors (Lipinski definition) is 1. The monoisotopic (exact) mass is 376 g/mol. The number of hydrogen-bond acceptors (Lipinski definition) is 8. The third-order valence-electron chi connectivity index (χ3n) is 6.52. The zero-order chi connectivity index (χ0) is 19.6. The summed E-state index contributed by atoms with van der Waals surface area (Å²) < 4.78 is 23.0. The van der Waals surface area contributed by atoms with Crippen molar-refractivity contribution in [2.24, 2.45) is 16.7 Å². The van der Waals surface area contributed by atoms with Crippen LogP contribution < -0.4 is 9.47 Å². The van der Waals surface area contributed by atoms with Crippen LogP contribution in [0.1, 0.15) is 37.4 Å². The van der Waals surface area contributed by atoms with Gasteiger partial charge in [0.15, 0.2) is 16.9 Å². The minimum atomic E-state index is -1.92. The molecule has 0 amide bonds. The Balaban J connectivity index is 1.75. The molecule has 3 heterocycles. The lowest BCUT2D eigenvalue weighted by Gasteiger charge is -2.51. The summed E-state index contributed by atoms with van der Waals surface area (Å²) in [6.07, 6.45) is 1.67. The number of ether oxygens (including phenoxy) is 4. The Bertz CT molecular complexity index is 1000. The van der Waals surface area contributed by atoms with Crippen molar-refractivity contribution in [3.8, 4) is 29.7 Å². The molecule has 2 bridgehead atoms. The molecule has 2 saturated heterocycles. The first kappa shape index (κ1) is 16.9. The lowest BCUT2D eigenvalue weighted by Crippen LogP contribution is -2.60. The highest BCUT2D eigenvalue weighted by atomic mass is 16.7.